The predicted octanol–water partition coefficient (Wildman–Crippen LogP) is 3.56. The van der Waals surface area contributed by atoms with Crippen molar-refractivity contribution in [3.63, 3.8) is 0 Å². The molecule has 2 aliphatic carbocycles. The summed E-state index contributed by atoms with van der Waals surface area (Å²) in [4.78, 5) is 22.9. The topological polar surface area (TPSA) is 89.5 Å². The first kappa shape index (κ1) is 22.0. The molecule has 1 unspecified atom stereocenters. The van der Waals surface area contributed by atoms with Crippen molar-refractivity contribution < 1.29 is 27.1 Å². The van der Waals surface area contributed by atoms with E-state index < -0.39 is 15.7 Å². The summed E-state index contributed by atoms with van der Waals surface area (Å²) in [6, 6.07) is 3.78. The standard InChI is InChI=1S/C23H28FNO5S/c24-19-8-7-18(13-20(19)30-14-16-5-6-16)31(28,29)15-23(10-11-23)9-3-1-2-4-17-12-21(26)25-22(17)27/h3,7-9,13,16-17H,1-2,4-6,10-12,14-15H2,(H,25,26,27)/b9-3+. The van der Waals surface area contributed by atoms with Gasteiger partial charge >= 0.3 is 0 Å². The van der Waals surface area contributed by atoms with Crippen LogP contribution in [0.4, 0.5) is 4.39 Å². The molecular formula is C23H28FNO5S. The summed E-state index contributed by atoms with van der Waals surface area (Å²) in [6.07, 6.45) is 10.1. The molecule has 0 spiro atoms. The molecule has 0 bridgehead atoms. The Morgan fingerprint density at radius 2 is 2.00 bits per heavy atom. The number of sulfone groups is 1. The summed E-state index contributed by atoms with van der Waals surface area (Å²) in [6.45, 7) is 0.420. The number of benzene rings is 1. The zero-order valence-corrected chi connectivity index (χ0v) is 18.3. The van der Waals surface area contributed by atoms with Crippen LogP contribution in [0.25, 0.3) is 0 Å². The molecule has 31 heavy (non-hydrogen) atoms. The summed E-state index contributed by atoms with van der Waals surface area (Å²) in [5, 5.41) is 2.31. The number of amides is 2. The second kappa shape index (κ2) is 8.73. The molecule has 2 saturated carbocycles. The minimum absolute atomic E-state index is 0.00259. The highest BCUT2D eigenvalue weighted by atomic mass is 32.2. The Morgan fingerprint density at radius 3 is 2.65 bits per heavy atom. The van der Waals surface area contributed by atoms with Gasteiger partial charge in [0.15, 0.2) is 21.4 Å². The maximum absolute atomic E-state index is 14.0. The Morgan fingerprint density at radius 1 is 1.23 bits per heavy atom. The molecule has 0 aromatic heterocycles. The van der Waals surface area contributed by atoms with Crippen molar-refractivity contribution in [2.75, 3.05) is 12.4 Å². The molecule has 8 heteroatoms. The Labute approximate surface area is 182 Å². The van der Waals surface area contributed by atoms with Gasteiger partial charge in [0.05, 0.1) is 17.3 Å². The Bertz CT molecular complexity index is 995. The van der Waals surface area contributed by atoms with Crippen molar-refractivity contribution >= 4 is 21.7 Å². The molecule has 2 amide bonds. The number of nitrogens with one attached hydrogen (secondary N) is 1. The first-order valence-corrected chi connectivity index (χ1v) is 12.6. The van der Waals surface area contributed by atoms with Gasteiger partial charge in [0.2, 0.25) is 11.8 Å². The van der Waals surface area contributed by atoms with Crippen LogP contribution >= 0.6 is 0 Å². The summed E-state index contributed by atoms with van der Waals surface area (Å²) < 4.78 is 45.4. The van der Waals surface area contributed by atoms with Gasteiger partial charge in [-0.25, -0.2) is 12.8 Å². The number of hydrogen-bond donors (Lipinski definition) is 1. The van der Waals surface area contributed by atoms with Gasteiger partial charge in [0.25, 0.3) is 0 Å². The van der Waals surface area contributed by atoms with E-state index in [0.717, 1.165) is 44.6 Å². The summed E-state index contributed by atoms with van der Waals surface area (Å²) in [5.74, 6) is -0.757. The van der Waals surface area contributed by atoms with E-state index >= 15 is 0 Å². The summed E-state index contributed by atoms with van der Waals surface area (Å²) in [7, 11) is -3.58. The van der Waals surface area contributed by atoms with E-state index in [1.807, 2.05) is 12.2 Å². The van der Waals surface area contributed by atoms with Crippen LogP contribution in [0.5, 0.6) is 5.75 Å². The minimum Gasteiger partial charge on any atom is -0.490 e. The van der Waals surface area contributed by atoms with E-state index in [-0.39, 0.29) is 46.0 Å². The van der Waals surface area contributed by atoms with Crippen molar-refractivity contribution in [3.05, 3.63) is 36.2 Å². The molecule has 1 atom stereocenters. The fourth-order valence-electron chi connectivity index (χ4n) is 3.92. The number of carbonyl (C=O) groups is 2. The van der Waals surface area contributed by atoms with E-state index in [9.17, 15) is 22.4 Å². The molecule has 168 valence electrons. The van der Waals surface area contributed by atoms with Crippen molar-refractivity contribution in [1.82, 2.24) is 5.32 Å². The third kappa shape index (κ3) is 5.73. The SMILES string of the molecule is O=C1CC(CCC/C=C/C2(CS(=O)(=O)c3ccc(F)c(OCC4CC4)c3)CC2)C(=O)N1. The van der Waals surface area contributed by atoms with E-state index in [1.165, 1.54) is 12.1 Å². The first-order chi connectivity index (χ1) is 14.8. The highest BCUT2D eigenvalue weighted by Crippen LogP contribution is 2.49. The molecule has 1 saturated heterocycles. The number of allylic oxidation sites excluding steroid dienone is 2. The van der Waals surface area contributed by atoms with Crippen LogP contribution in [0.3, 0.4) is 0 Å². The van der Waals surface area contributed by atoms with Crippen molar-refractivity contribution in [3.8, 4) is 5.75 Å². The van der Waals surface area contributed by atoms with Crippen molar-refractivity contribution in [2.45, 2.75) is 56.3 Å². The molecule has 1 aliphatic heterocycles. The Hall–Kier alpha value is -2.22. The highest BCUT2D eigenvalue weighted by Gasteiger charge is 2.44. The lowest BCUT2D eigenvalue weighted by Gasteiger charge is -2.13. The van der Waals surface area contributed by atoms with Crippen LogP contribution in [-0.4, -0.2) is 32.6 Å². The lowest BCUT2D eigenvalue weighted by Crippen LogP contribution is -2.21. The molecule has 1 aromatic carbocycles. The van der Waals surface area contributed by atoms with Crippen LogP contribution in [0.2, 0.25) is 0 Å². The summed E-state index contributed by atoms with van der Waals surface area (Å²) >= 11 is 0. The zero-order chi connectivity index (χ0) is 22.1. The molecule has 0 radical (unpaired) electrons. The maximum Gasteiger partial charge on any atom is 0.230 e. The zero-order valence-electron chi connectivity index (χ0n) is 17.4. The molecule has 6 nitrogen and oxygen atoms in total. The minimum atomic E-state index is -3.58. The molecule has 4 rings (SSSR count). The molecule has 3 fully saturated rings. The summed E-state index contributed by atoms with van der Waals surface area (Å²) in [5.41, 5.74) is -0.372. The average molecular weight is 450 g/mol. The van der Waals surface area contributed by atoms with Crippen LogP contribution in [0.1, 0.15) is 51.4 Å². The van der Waals surface area contributed by atoms with E-state index in [2.05, 4.69) is 5.32 Å². The van der Waals surface area contributed by atoms with Gasteiger partial charge in [0, 0.05) is 23.8 Å². The molecule has 1 N–H and O–H groups in total. The number of carbonyl (C=O) groups excluding carboxylic acids is 2. The predicted molar refractivity (Wildman–Crippen MR) is 113 cm³/mol. The van der Waals surface area contributed by atoms with Gasteiger partial charge in [0.1, 0.15) is 0 Å². The number of halogens is 1. The monoisotopic (exact) mass is 449 g/mol. The van der Waals surface area contributed by atoms with Gasteiger partial charge in [-0.2, -0.15) is 0 Å². The van der Waals surface area contributed by atoms with E-state index in [0.29, 0.717) is 18.9 Å². The lowest BCUT2D eigenvalue weighted by atomic mass is 10.00. The third-order valence-electron chi connectivity index (χ3n) is 6.26. The second-order valence-electron chi connectivity index (χ2n) is 9.11. The maximum atomic E-state index is 14.0. The Balaban J connectivity index is 1.31. The lowest BCUT2D eigenvalue weighted by molar-refractivity contribution is -0.125. The van der Waals surface area contributed by atoms with Crippen LogP contribution in [0, 0.1) is 23.1 Å². The average Bonchev–Trinajstić information content (AvgIpc) is 3.63. The molecule has 1 aromatic rings. The number of ether oxygens (including phenoxy) is 1. The van der Waals surface area contributed by atoms with Gasteiger partial charge < -0.3 is 4.74 Å². The number of unbranched alkanes of at least 4 members (excludes halogenated alkanes) is 1. The van der Waals surface area contributed by atoms with Gasteiger partial charge in [-0.3, -0.25) is 14.9 Å². The van der Waals surface area contributed by atoms with Gasteiger partial charge in [-0.1, -0.05) is 12.2 Å². The van der Waals surface area contributed by atoms with Crippen molar-refractivity contribution in [2.24, 2.45) is 17.3 Å². The highest BCUT2D eigenvalue weighted by molar-refractivity contribution is 7.91. The van der Waals surface area contributed by atoms with Crippen LogP contribution in [0.15, 0.2) is 35.2 Å². The number of imide groups is 1. The largest absolute Gasteiger partial charge is 0.490 e. The third-order valence-corrected chi connectivity index (χ3v) is 8.19. The smallest absolute Gasteiger partial charge is 0.230 e. The fraction of sp³-hybridized carbons (Fsp3) is 0.565. The fourth-order valence-corrected chi connectivity index (χ4v) is 5.79. The van der Waals surface area contributed by atoms with E-state index in [4.69, 9.17) is 4.74 Å². The number of hydrogen-bond acceptors (Lipinski definition) is 5. The van der Waals surface area contributed by atoms with Crippen LogP contribution < -0.4 is 10.1 Å². The first-order valence-electron chi connectivity index (χ1n) is 10.9. The molecule has 1 heterocycles. The normalized spacial score (nSPS) is 22.7. The molecule has 3 aliphatic rings. The Kier molecular flexibility index (Phi) is 6.19. The quantitative estimate of drug-likeness (QED) is 0.241. The van der Waals surface area contributed by atoms with Crippen LogP contribution in [-0.2, 0) is 19.4 Å². The van der Waals surface area contributed by atoms with Gasteiger partial charge in [-0.15, -0.1) is 0 Å². The van der Waals surface area contributed by atoms with Gasteiger partial charge in [-0.05, 0) is 63.0 Å². The van der Waals surface area contributed by atoms with E-state index in [1.54, 1.807) is 0 Å². The number of rotatable bonds is 11. The van der Waals surface area contributed by atoms with Crippen molar-refractivity contribution in [1.29, 1.82) is 0 Å². The second-order valence-corrected chi connectivity index (χ2v) is 11.1. The molecular weight excluding hydrogens is 421 g/mol.